The Hall–Kier alpha value is -2.05. The number of ether oxygens (including phenoxy) is 1. The first-order valence-electron chi connectivity index (χ1n) is 6.70. The Balaban J connectivity index is 2.25. The van der Waals surface area contributed by atoms with Gasteiger partial charge in [0.1, 0.15) is 46.9 Å². The summed E-state index contributed by atoms with van der Waals surface area (Å²) in [4.78, 5) is 7.97. The highest BCUT2D eigenvalue weighted by Crippen LogP contribution is 2.38. The van der Waals surface area contributed by atoms with Gasteiger partial charge >= 0.3 is 0 Å². The molecule has 11 heteroatoms. The molecule has 0 bridgehead atoms. The van der Waals surface area contributed by atoms with Crippen molar-refractivity contribution >= 4 is 39.9 Å². The standard InChI is InChI=1S/C12H16N6O4S/c13-8-4-5(10(15)23)9(14)18(11(4)17-2-16-8)12-7(21)6(20)3(1-19)22-12/h2-3,6-7,12,19-21H,1,14H2,(H2,15,23)(H2,13,16,17)/t3-,6-,7-,12-/m1/s1. The number of fused-ring (bicyclic) bond motifs is 1. The Morgan fingerprint density at radius 3 is 2.57 bits per heavy atom. The van der Waals surface area contributed by atoms with E-state index in [0.29, 0.717) is 5.39 Å². The molecular weight excluding hydrogens is 324 g/mol. The Morgan fingerprint density at radius 1 is 1.30 bits per heavy atom. The van der Waals surface area contributed by atoms with Crippen LogP contribution < -0.4 is 17.2 Å². The highest BCUT2D eigenvalue weighted by Gasteiger charge is 2.45. The summed E-state index contributed by atoms with van der Waals surface area (Å²) in [6.07, 6.45) is -3.44. The molecule has 0 aliphatic carbocycles. The molecule has 0 amide bonds. The maximum Gasteiger partial charge on any atom is 0.166 e. The number of thiocarbonyl (C=S) groups is 1. The van der Waals surface area contributed by atoms with Crippen LogP contribution in [0.15, 0.2) is 6.33 Å². The molecule has 10 nitrogen and oxygen atoms in total. The van der Waals surface area contributed by atoms with E-state index in [9.17, 15) is 15.3 Å². The van der Waals surface area contributed by atoms with Crippen molar-refractivity contribution < 1.29 is 20.1 Å². The van der Waals surface area contributed by atoms with Crippen molar-refractivity contribution in [2.45, 2.75) is 24.5 Å². The molecule has 2 aromatic rings. The van der Waals surface area contributed by atoms with E-state index in [1.165, 1.54) is 10.9 Å². The lowest BCUT2D eigenvalue weighted by molar-refractivity contribution is -0.0498. The summed E-state index contributed by atoms with van der Waals surface area (Å²) in [5, 5.41) is 29.7. The monoisotopic (exact) mass is 340 g/mol. The number of hydrogen-bond donors (Lipinski definition) is 6. The van der Waals surface area contributed by atoms with E-state index in [1.807, 2.05) is 0 Å². The van der Waals surface area contributed by atoms with Crippen LogP contribution in [0.25, 0.3) is 11.0 Å². The van der Waals surface area contributed by atoms with Gasteiger partial charge in [0.2, 0.25) is 0 Å². The van der Waals surface area contributed by atoms with Crippen LogP contribution in [0.3, 0.4) is 0 Å². The van der Waals surface area contributed by atoms with Crippen molar-refractivity contribution in [3.05, 3.63) is 11.9 Å². The molecular formula is C12H16N6O4S. The summed E-state index contributed by atoms with van der Waals surface area (Å²) in [6, 6.07) is 0. The lowest BCUT2D eigenvalue weighted by Gasteiger charge is -2.19. The van der Waals surface area contributed by atoms with E-state index in [-0.39, 0.29) is 27.8 Å². The number of rotatable bonds is 3. The summed E-state index contributed by atoms with van der Waals surface area (Å²) in [7, 11) is 0. The summed E-state index contributed by atoms with van der Waals surface area (Å²) < 4.78 is 6.83. The smallest absolute Gasteiger partial charge is 0.166 e. The summed E-state index contributed by atoms with van der Waals surface area (Å²) in [5.41, 5.74) is 18.2. The quantitative estimate of drug-likeness (QED) is 0.337. The predicted octanol–water partition coefficient (Wildman–Crippen LogP) is -2.16. The van der Waals surface area contributed by atoms with Crippen molar-refractivity contribution in [2.24, 2.45) is 5.73 Å². The topological polar surface area (TPSA) is 179 Å². The Morgan fingerprint density at radius 2 is 2.00 bits per heavy atom. The summed E-state index contributed by atoms with van der Waals surface area (Å²) in [6.45, 7) is -0.465. The molecule has 0 saturated carbocycles. The zero-order valence-electron chi connectivity index (χ0n) is 11.8. The molecule has 3 rings (SSSR count). The molecule has 124 valence electrons. The highest BCUT2D eigenvalue weighted by atomic mass is 32.1. The Labute approximate surface area is 135 Å². The van der Waals surface area contributed by atoms with Crippen LogP contribution in [0.5, 0.6) is 0 Å². The van der Waals surface area contributed by atoms with Gasteiger partial charge < -0.3 is 37.3 Å². The number of hydrogen-bond acceptors (Lipinski definition) is 9. The van der Waals surface area contributed by atoms with Crippen LogP contribution in [0.2, 0.25) is 0 Å². The van der Waals surface area contributed by atoms with Gasteiger partial charge in [-0.05, 0) is 0 Å². The molecule has 1 fully saturated rings. The zero-order valence-corrected chi connectivity index (χ0v) is 12.6. The first kappa shape index (κ1) is 15.8. The van der Waals surface area contributed by atoms with Gasteiger partial charge in [-0.1, -0.05) is 12.2 Å². The van der Waals surface area contributed by atoms with Crippen LogP contribution >= 0.6 is 12.2 Å². The average molecular weight is 340 g/mol. The molecule has 1 aliphatic rings. The molecule has 23 heavy (non-hydrogen) atoms. The van der Waals surface area contributed by atoms with Crippen molar-refractivity contribution in [3.63, 3.8) is 0 Å². The fraction of sp³-hybridized carbons (Fsp3) is 0.417. The molecule has 0 spiro atoms. The highest BCUT2D eigenvalue weighted by molar-refractivity contribution is 7.80. The zero-order chi connectivity index (χ0) is 16.9. The van der Waals surface area contributed by atoms with E-state index in [1.54, 1.807) is 0 Å². The second-order valence-electron chi connectivity index (χ2n) is 5.18. The maximum atomic E-state index is 10.2. The van der Waals surface area contributed by atoms with Gasteiger partial charge in [0.25, 0.3) is 0 Å². The van der Waals surface area contributed by atoms with Crippen molar-refractivity contribution in [2.75, 3.05) is 18.1 Å². The number of nitrogens with zero attached hydrogens (tertiary/aromatic N) is 3. The van der Waals surface area contributed by atoms with Gasteiger partial charge in [-0.2, -0.15) is 0 Å². The fourth-order valence-corrected chi connectivity index (χ4v) is 2.98. The largest absolute Gasteiger partial charge is 0.394 e. The van der Waals surface area contributed by atoms with E-state index < -0.39 is 31.1 Å². The Kier molecular flexibility index (Phi) is 3.82. The normalized spacial score (nSPS) is 27.6. The van der Waals surface area contributed by atoms with E-state index >= 15 is 0 Å². The van der Waals surface area contributed by atoms with Gasteiger partial charge in [0.15, 0.2) is 6.23 Å². The molecule has 2 aromatic heterocycles. The molecule has 0 aromatic carbocycles. The molecule has 4 atom stereocenters. The van der Waals surface area contributed by atoms with Crippen LogP contribution in [-0.4, -0.2) is 59.8 Å². The molecule has 0 radical (unpaired) electrons. The lowest BCUT2D eigenvalue weighted by Crippen LogP contribution is -2.33. The summed E-state index contributed by atoms with van der Waals surface area (Å²) >= 11 is 5.00. The van der Waals surface area contributed by atoms with Crippen LogP contribution in [-0.2, 0) is 4.74 Å². The minimum atomic E-state index is -1.33. The average Bonchev–Trinajstić information content (AvgIpc) is 2.95. The van der Waals surface area contributed by atoms with E-state index in [0.717, 1.165) is 0 Å². The first-order valence-corrected chi connectivity index (χ1v) is 7.11. The second-order valence-corrected chi connectivity index (χ2v) is 5.62. The van der Waals surface area contributed by atoms with Gasteiger partial charge in [-0.15, -0.1) is 0 Å². The van der Waals surface area contributed by atoms with Gasteiger partial charge in [-0.3, -0.25) is 4.57 Å². The number of anilines is 2. The third-order valence-electron chi connectivity index (χ3n) is 3.87. The molecule has 0 unspecified atom stereocenters. The minimum Gasteiger partial charge on any atom is -0.394 e. The second kappa shape index (κ2) is 5.54. The Bertz CT molecular complexity index is 780. The number of nitrogen functional groups attached to an aromatic ring is 2. The molecule has 1 aliphatic heterocycles. The minimum absolute atomic E-state index is 0.0144. The number of nitrogens with two attached hydrogens (primary N) is 3. The molecule has 1 saturated heterocycles. The number of aliphatic hydroxyl groups excluding tert-OH is 3. The van der Waals surface area contributed by atoms with Crippen molar-refractivity contribution in [1.29, 1.82) is 0 Å². The van der Waals surface area contributed by atoms with Crippen LogP contribution in [0, 0.1) is 0 Å². The predicted molar refractivity (Wildman–Crippen MR) is 85.2 cm³/mol. The molecule has 3 heterocycles. The maximum absolute atomic E-state index is 10.2. The van der Waals surface area contributed by atoms with Gasteiger partial charge in [0, 0.05) is 0 Å². The third kappa shape index (κ3) is 2.21. The number of aliphatic hydroxyl groups is 3. The summed E-state index contributed by atoms with van der Waals surface area (Å²) in [5.74, 6) is 0.199. The first-order chi connectivity index (χ1) is 10.9. The SMILES string of the molecule is NC(=S)c1c(N)n([C@@H]2O[C@H](CO)[C@@H](O)[C@H]2O)c2ncnc(N)c12. The fourth-order valence-electron chi connectivity index (χ4n) is 2.77. The van der Waals surface area contributed by atoms with E-state index in [2.05, 4.69) is 9.97 Å². The van der Waals surface area contributed by atoms with Gasteiger partial charge in [0.05, 0.1) is 17.6 Å². The third-order valence-corrected chi connectivity index (χ3v) is 4.07. The van der Waals surface area contributed by atoms with Crippen molar-refractivity contribution in [1.82, 2.24) is 14.5 Å². The van der Waals surface area contributed by atoms with E-state index in [4.69, 9.17) is 34.2 Å². The number of aromatic nitrogens is 3. The van der Waals surface area contributed by atoms with Gasteiger partial charge in [-0.25, -0.2) is 9.97 Å². The van der Waals surface area contributed by atoms with Crippen LogP contribution in [0.1, 0.15) is 11.8 Å². The van der Waals surface area contributed by atoms with Crippen molar-refractivity contribution in [3.8, 4) is 0 Å². The lowest BCUT2D eigenvalue weighted by atomic mass is 10.1. The molecule has 9 N–H and O–H groups in total. The van der Waals surface area contributed by atoms with Crippen LogP contribution in [0.4, 0.5) is 11.6 Å².